The van der Waals surface area contributed by atoms with Crippen molar-refractivity contribution < 1.29 is 8.42 Å². The SMILES string of the molecule is C[C@@H](CNS(=O)(=O)c1cccc2cnccc12)N1CCN(C)CC1. The predicted molar refractivity (Wildman–Crippen MR) is 95.5 cm³/mol. The molecule has 0 unspecified atom stereocenters. The van der Waals surface area contributed by atoms with E-state index < -0.39 is 10.0 Å². The van der Waals surface area contributed by atoms with Gasteiger partial charge in [-0.05, 0) is 26.1 Å². The molecule has 7 heteroatoms. The highest BCUT2D eigenvalue weighted by Gasteiger charge is 2.22. The van der Waals surface area contributed by atoms with Crippen LogP contribution in [0.1, 0.15) is 6.92 Å². The Kier molecular flexibility index (Phi) is 5.15. The number of pyridine rings is 1. The topological polar surface area (TPSA) is 65.5 Å². The number of fused-ring (bicyclic) bond motifs is 1. The van der Waals surface area contributed by atoms with Crippen LogP contribution < -0.4 is 4.72 Å². The van der Waals surface area contributed by atoms with Crippen LogP contribution in [-0.2, 0) is 10.0 Å². The van der Waals surface area contributed by atoms with Crippen LogP contribution in [0.2, 0.25) is 0 Å². The van der Waals surface area contributed by atoms with E-state index in [9.17, 15) is 8.42 Å². The molecule has 0 saturated carbocycles. The molecule has 2 heterocycles. The molecule has 1 fully saturated rings. The standard InChI is InChI=1S/C17H24N4O2S/c1-14(21-10-8-20(2)9-11-21)12-19-24(22,23)17-5-3-4-15-13-18-7-6-16(15)17/h3-7,13-14,19H,8-12H2,1-2H3/t14-/m0/s1. The maximum Gasteiger partial charge on any atom is 0.241 e. The first-order valence-corrected chi connectivity index (χ1v) is 9.71. The molecule has 0 aliphatic carbocycles. The summed E-state index contributed by atoms with van der Waals surface area (Å²) in [5.41, 5.74) is 0. The minimum Gasteiger partial charge on any atom is -0.304 e. The fraction of sp³-hybridized carbons (Fsp3) is 0.471. The Morgan fingerprint density at radius 3 is 2.71 bits per heavy atom. The second-order valence-corrected chi connectivity index (χ2v) is 8.13. The average molecular weight is 348 g/mol. The van der Waals surface area contributed by atoms with Crippen LogP contribution in [0.25, 0.3) is 10.8 Å². The second kappa shape index (κ2) is 7.14. The smallest absolute Gasteiger partial charge is 0.241 e. The first-order valence-electron chi connectivity index (χ1n) is 8.22. The largest absolute Gasteiger partial charge is 0.304 e. The lowest BCUT2D eigenvalue weighted by Gasteiger charge is -2.36. The molecule has 1 aliphatic rings. The third-order valence-corrected chi connectivity index (χ3v) is 6.14. The number of sulfonamides is 1. The van der Waals surface area contributed by atoms with Crippen LogP contribution >= 0.6 is 0 Å². The average Bonchev–Trinajstić information content (AvgIpc) is 2.60. The zero-order valence-corrected chi connectivity index (χ0v) is 15.0. The molecular formula is C17H24N4O2S. The molecule has 0 amide bonds. The molecule has 1 aromatic carbocycles. The van der Waals surface area contributed by atoms with Crippen molar-refractivity contribution in [1.82, 2.24) is 19.5 Å². The van der Waals surface area contributed by atoms with E-state index in [2.05, 4.69) is 33.5 Å². The van der Waals surface area contributed by atoms with Crippen LogP contribution in [0.15, 0.2) is 41.6 Å². The van der Waals surface area contributed by atoms with Crippen molar-refractivity contribution >= 4 is 20.8 Å². The summed E-state index contributed by atoms with van der Waals surface area (Å²) in [5.74, 6) is 0. The number of benzene rings is 1. The molecule has 24 heavy (non-hydrogen) atoms. The molecule has 1 atom stereocenters. The maximum atomic E-state index is 12.7. The summed E-state index contributed by atoms with van der Waals surface area (Å²) in [6.07, 6.45) is 3.30. The second-order valence-electron chi connectivity index (χ2n) is 6.39. The van der Waals surface area contributed by atoms with E-state index in [1.807, 2.05) is 6.07 Å². The van der Waals surface area contributed by atoms with Gasteiger partial charge in [-0.1, -0.05) is 12.1 Å². The van der Waals surface area contributed by atoms with E-state index in [0.29, 0.717) is 16.8 Å². The first-order chi connectivity index (χ1) is 11.5. The molecule has 0 spiro atoms. The summed E-state index contributed by atoms with van der Waals surface area (Å²) in [4.78, 5) is 8.98. The van der Waals surface area contributed by atoms with E-state index in [-0.39, 0.29) is 6.04 Å². The lowest BCUT2D eigenvalue weighted by Crippen LogP contribution is -2.51. The molecule has 3 rings (SSSR count). The van der Waals surface area contributed by atoms with Crippen molar-refractivity contribution in [3.8, 4) is 0 Å². The van der Waals surface area contributed by atoms with Gasteiger partial charge in [-0.15, -0.1) is 0 Å². The van der Waals surface area contributed by atoms with Gasteiger partial charge in [0.25, 0.3) is 0 Å². The van der Waals surface area contributed by atoms with E-state index in [4.69, 9.17) is 0 Å². The van der Waals surface area contributed by atoms with E-state index in [1.165, 1.54) is 0 Å². The predicted octanol–water partition coefficient (Wildman–Crippen LogP) is 1.15. The molecule has 1 N–H and O–H groups in total. The number of nitrogens with one attached hydrogen (secondary N) is 1. The minimum atomic E-state index is -3.55. The summed E-state index contributed by atoms with van der Waals surface area (Å²) < 4.78 is 28.2. The fourth-order valence-corrected chi connectivity index (χ4v) is 4.38. The third kappa shape index (κ3) is 3.75. The van der Waals surface area contributed by atoms with E-state index in [1.54, 1.807) is 30.6 Å². The summed E-state index contributed by atoms with van der Waals surface area (Å²) in [6, 6.07) is 7.18. The zero-order valence-electron chi connectivity index (χ0n) is 14.1. The quantitative estimate of drug-likeness (QED) is 0.878. The Labute approximate surface area is 143 Å². The monoisotopic (exact) mass is 348 g/mol. The van der Waals surface area contributed by atoms with Gasteiger partial charge >= 0.3 is 0 Å². The van der Waals surface area contributed by atoms with Crippen LogP contribution in [0.5, 0.6) is 0 Å². The highest BCUT2D eigenvalue weighted by molar-refractivity contribution is 7.89. The van der Waals surface area contributed by atoms with E-state index >= 15 is 0 Å². The van der Waals surface area contributed by atoms with Crippen LogP contribution in [0.4, 0.5) is 0 Å². The Morgan fingerprint density at radius 2 is 1.96 bits per heavy atom. The van der Waals surface area contributed by atoms with Gasteiger partial charge in [-0.3, -0.25) is 9.88 Å². The van der Waals surface area contributed by atoms with Gasteiger partial charge in [-0.25, -0.2) is 13.1 Å². The first kappa shape index (κ1) is 17.3. The number of rotatable bonds is 5. The Balaban J connectivity index is 1.72. The third-order valence-electron chi connectivity index (χ3n) is 4.66. The number of aromatic nitrogens is 1. The van der Waals surface area contributed by atoms with Gasteiger partial charge in [0.1, 0.15) is 0 Å². The number of hydrogen-bond donors (Lipinski definition) is 1. The molecule has 1 aromatic heterocycles. The Morgan fingerprint density at radius 1 is 1.21 bits per heavy atom. The normalized spacial score (nSPS) is 18.8. The summed E-state index contributed by atoms with van der Waals surface area (Å²) in [7, 11) is -1.44. The highest BCUT2D eigenvalue weighted by atomic mass is 32.2. The van der Waals surface area contributed by atoms with E-state index in [0.717, 1.165) is 31.6 Å². The highest BCUT2D eigenvalue weighted by Crippen LogP contribution is 2.21. The molecule has 2 aromatic rings. The van der Waals surface area contributed by atoms with Gasteiger partial charge in [-0.2, -0.15) is 0 Å². The van der Waals surface area contributed by atoms with Crippen molar-refractivity contribution in [3.05, 3.63) is 36.7 Å². The molecule has 1 saturated heterocycles. The van der Waals surface area contributed by atoms with Crippen LogP contribution in [-0.4, -0.2) is 69.0 Å². The van der Waals surface area contributed by atoms with Crippen molar-refractivity contribution in [1.29, 1.82) is 0 Å². The summed E-state index contributed by atoms with van der Waals surface area (Å²) in [6.45, 7) is 6.47. The Bertz CT molecular complexity index is 796. The molecule has 6 nitrogen and oxygen atoms in total. The van der Waals surface area contributed by atoms with Crippen molar-refractivity contribution in [2.24, 2.45) is 0 Å². The van der Waals surface area contributed by atoms with Gasteiger partial charge in [0, 0.05) is 61.9 Å². The molecule has 0 radical (unpaired) electrons. The summed E-state index contributed by atoms with van der Waals surface area (Å²) in [5, 5.41) is 1.53. The minimum absolute atomic E-state index is 0.171. The van der Waals surface area contributed by atoms with Crippen LogP contribution in [0, 0.1) is 0 Å². The van der Waals surface area contributed by atoms with Crippen molar-refractivity contribution in [3.63, 3.8) is 0 Å². The van der Waals surface area contributed by atoms with Gasteiger partial charge in [0.2, 0.25) is 10.0 Å². The molecule has 1 aliphatic heterocycles. The zero-order chi connectivity index (χ0) is 17.2. The number of nitrogens with zero attached hydrogens (tertiary/aromatic N) is 3. The maximum absolute atomic E-state index is 12.7. The molecule has 130 valence electrons. The Hall–Kier alpha value is -1.54. The van der Waals surface area contributed by atoms with Gasteiger partial charge < -0.3 is 4.90 Å². The lowest BCUT2D eigenvalue weighted by atomic mass is 10.2. The molecule has 0 bridgehead atoms. The molecular weight excluding hydrogens is 324 g/mol. The number of hydrogen-bond acceptors (Lipinski definition) is 5. The summed E-state index contributed by atoms with van der Waals surface area (Å²) >= 11 is 0. The van der Waals surface area contributed by atoms with Gasteiger partial charge in [0.15, 0.2) is 0 Å². The van der Waals surface area contributed by atoms with Crippen LogP contribution in [0.3, 0.4) is 0 Å². The lowest BCUT2D eigenvalue weighted by molar-refractivity contribution is 0.120. The van der Waals surface area contributed by atoms with Gasteiger partial charge in [0.05, 0.1) is 4.90 Å². The van der Waals surface area contributed by atoms with Crippen molar-refractivity contribution in [2.75, 3.05) is 39.8 Å². The number of piperazine rings is 1. The fourth-order valence-electron chi connectivity index (χ4n) is 3.03. The number of likely N-dealkylation sites (N-methyl/N-ethyl adjacent to an activating group) is 1. The van der Waals surface area contributed by atoms with Crippen molar-refractivity contribution in [2.45, 2.75) is 17.9 Å².